The molecule has 33 heavy (non-hydrogen) atoms. The van der Waals surface area contributed by atoms with Gasteiger partial charge in [-0.15, -0.1) is 11.3 Å². The first-order valence-corrected chi connectivity index (χ1v) is 12.3. The summed E-state index contributed by atoms with van der Waals surface area (Å²) in [5.74, 6) is 1.44. The fourth-order valence-electron chi connectivity index (χ4n) is 3.68. The number of benzene rings is 1. The van der Waals surface area contributed by atoms with Gasteiger partial charge in [0.1, 0.15) is 0 Å². The molecule has 180 valence electrons. The highest BCUT2D eigenvalue weighted by molar-refractivity contribution is 7.12. The van der Waals surface area contributed by atoms with E-state index < -0.39 is 0 Å². The molecule has 2 aromatic rings. The lowest BCUT2D eigenvalue weighted by atomic mass is 10.1. The number of piperazine rings is 1. The highest BCUT2D eigenvalue weighted by atomic mass is 32.1. The molecule has 1 N–H and O–H groups in total. The lowest BCUT2D eigenvalue weighted by Crippen LogP contribution is -2.50. The largest absolute Gasteiger partial charge is 0.490 e. The topological polar surface area (TPSA) is 80.3 Å². The smallest absolute Gasteiger partial charge is 0.264 e. The zero-order valence-electron chi connectivity index (χ0n) is 19.6. The Kier molecular flexibility index (Phi) is 9.38. The van der Waals surface area contributed by atoms with Gasteiger partial charge in [0, 0.05) is 44.8 Å². The Balaban J connectivity index is 1.53. The van der Waals surface area contributed by atoms with Gasteiger partial charge < -0.3 is 24.4 Å². The van der Waals surface area contributed by atoms with Gasteiger partial charge in [-0.25, -0.2) is 0 Å². The summed E-state index contributed by atoms with van der Waals surface area (Å²) in [5.41, 5.74) is 0.469. The van der Waals surface area contributed by atoms with Gasteiger partial charge in [0.15, 0.2) is 11.5 Å². The summed E-state index contributed by atoms with van der Waals surface area (Å²) in [6.45, 7) is 11.2. The minimum Gasteiger partial charge on any atom is -0.490 e. The maximum atomic E-state index is 12.8. The van der Waals surface area contributed by atoms with Crippen LogP contribution in [0.25, 0.3) is 0 Å². The molecule has 1 aromatic carbocycles. The third kappa shape index (κ3) is 6.61. The van der Waals surface area contributed by atoms with Crippen molar-refractivity contribution in [3.63, 3.8) is 0 Å². The Morgan fingerprint density at radius 1 is 0.970 bits per heavy atom. The van der Waals surface area contributed by atoms with Crippen molar-refractivity contribution in [3.8, 4) is 17.2 Å². The number of carbonyl (C=O) groups excluding carboxylic acids is 2. The summed E-state index contributed by atoms with van der Waals surface area (Å²) < 4.78 is 17.1. The van der Waals surface area contributed by atoms with Crippen molar-refractivity contribution in [1.82, 2.24) is 15.1 Å². The SMILES string of the molecule is CCOc1cc(C(=O)NCCN2CCN(C(=O)c3cccs3)CC2)cc(OCC)c1OCC. The summed E-state index contributed by atoms with van der Waals surface area (Å²) in [4.78, 5) is 30.2. The van der Waals surface area contributed by atoms with E-state index in [1.807, 2.05) is 43.2 Å². The van der Waals surface area contributed by atoms with Crippen LogP contribution in [0.4, 0.5) is 0 Å². The van der Waals surface area contributed by atoms with Crippen LogP contribution >= 0.6 is 11.3 Å². The van der Waals surface area contributed by atoms with Crippen molar-refractivity contribution >= 4 is 23.2 Å². The van der Waals surface area contributed by atoms with E-state index in [9.17, 15) is 9.59 Å². The maximum Gasteiger partial charge on any atom is 0.264 e. The molecule has 1 aromatic heterocycles. The number of hydrogen-bond donors (Lipinski definition) is 1. The molecule has 2 heterocycles. The van der Waals surface area contributed by atoms with Crippen LogP contribution in [0.1, 0.15) is 40.8 Å². The van der Waals surface area contributed by atoms with Crippen LogP contribution in [0.15, 0.2) is 29.6 Å². The van der Waals surface area contributed by atoms with Crippen molar-refractivity contribution < 1.29 is 23.8 Å². The summed E-state index contributed by atoms with van der Waals surface area (Å²) >= 11 is 1.47. The molecule has 0 atom stereocenters. The van der Waals surface area contributed by atoms with Crippen molar-refractivity contribution in [1.29, 1.82) is 0 Å². The molecule has 0 spiro atoms. The van der Waals surface area contributed by atoms with E-state index in [1.165, 1.54) is 11.3 Å². The molecule has 1 saturated heterocycles. The van der Waals surface area contributed by atoms with E-state index in [0.717, 1.165) is 24.5 Å². The number of nitrogens with one attached hydrogen (secondary N) is 1. The van der Waals surface area contributed by atoms with Gasteiger partial charge >= 0.3 is 0 Å². The molecule has 2 amide bonds. The fraction of sp³-hybridized carbons (Fsp3) is 0.500. The highest BCUT2D eigenvalue weighted by Gasteiger charge is 2.23. The molecule has 3 rings (SSSR count). The van der Waals surface area contributed by atoms with E-state index in [0.29, 0.717) is 62.3 Å². The standard InChI is InChI=1S/C24H33N3O5S/c1-4-30-19-16-18(17-20(31-5-2)22(19)32-6-3)23(28)25-9-10-26-11-13-27(14-12-26)24(29)21-8-7-15-33-21/h7-8,15-17H,4-6,9-14H2,1-3H3,(H,25,28). The second kappa shape index (κ2) is 12.5. The summed E-state index contributed by atoms with van der Waals surface area (Å²) in [6.07, 6.45) is 0. The van der Waals surface area contributed by atoms with E-state index in [4.69, 9.17) is 14.2 Å². The molecule has 0 bridgehead atoms. The van der Waals surface area contributed by atoms with Crippen LogP contribution in [0, 0.1) is 0 Å². The minimum atomic E-state index is -0.188. The van der Waals surface area contributed by atoms with Crippen LogP contribution in [-0.2, 0) is 0 Å². The van der Waals surface area contributed by atoms with Gasteiger partial charge in [-0.3, -0.25) is 14.5 Å². The van der Waals surface area contributed by atoms with Crippen LogP contribution < -0.4 is 19.5 Å². The van der Waals surface area contributed by atoms with E-state index in [2.05, 4.69) is 10.2 Å². The number of amides is 2. The predicted octanol–water partition coefficient (Wildman–Crippen LogP) is 3.13. The maximum absolute atomic E-state index is 12.8. The van der Waals surface area contributed by atoms with Gasteiger partial charge in [-0.2, -0.15) is 0 Å². The first-order valence-electron chi connectivity index (χ1n) is 11.5. The second-order valence-corrected chi connectivity index (χ2v) is 8.42. The molecule has 0 unspecified atom stereocenters. The Labute approximate surface area is 199 Å². The molecule has 1 aliphatic heterocycles. The van der Waals surface area contributed by atoms with Gasteiger partial charge in [0.05, 0.1) is 24.7 Å². The molecule has 0 saturated carbocycles. The fourth-order valence-corrected chi connectivity index (χ4v) is 4.37. The van der Waals surface area contributed by atoms with Crippen molar-refractivity contribution in [2.45, 2.75) is 20.8 Å². The van der Waals surface area contributed by atoms with E-state index >= 15 is 0 Å². The number of rotatable bonds is 11. The summed E-state index contributed by atoms with van der Waals surface area (Å²) in [5, 5.41) is 4.90. The van der Waals surface area contributed by atoms with Crippen LogP contribution in [0.2, 0.25) is 0 Å². The highest BCUT2D eigenvalue weighted by Crippen LogP contribution is 2.39. The third-order valence-electron chi connectivity index (χ3n) is 5.28. The summed E-state index contributed by atoms with van der Waals surface area (Å²) in [7, 11) is 0. The zero-order valence-corrected chi connectivity index (χ0v) is 20.4. The Bertz CT molecular complexity index is 884. The molecule has 1 fully saturated rings. The minimum absolute atomic E-state index is 0.101. The predicted molar refractivity (Wildman–Crippen MR) is 129 cm³/mol. The zero-order chi connectivity index (χ0) is 23.6. The molecule has 0 radical (unpaired) electrons. The van der Waals surface area contributed by atoms with E-state index in [1.54, 1.807) is 12.1 Å². The lowest BCUT2D eigenvalue weighted by molar-refractivity contribution is 0.0642. The quantitative estimate of drug-likeness (QED) is 0.538. The van der Waals surface area contributed by atoms with Crippen molar-refractivity contribution in [3.05, 3.63) is 40.1 Å². The number of ether oxygens (including phenoxy) is 3. The van der Waals surface area contributed by atoms with E-state index in [-0.39, 0.29) is 11.8 Å². The number of carbonyl (C=O) groups is 2. The van der Waals surface area contributed by atoms with Crippen LogP contribution in [0.5, 0.6) is 17.2 Å². The summed E-state index contributed by atoms with van der Waals surface area (Å²) in [6, 6.07) is 7.15. The van der Waals surface area contributed by atoms with Gasteiger partial charge in [-0.05, 0) is 44.4 Å². The number of thiophene rings is 1. The first kappa shape index (κ1) is 24.9. The van der Waals surface area contributed by atoms with Gasteiger partial charge in [-0.1, -0.05) is 6.07 Å². The van der Waals surface area contributed by atoms with Crippen LogP contribution in [-0.4, -0.2) is 80.7 Å². The Morgan fingerprint density at radius 3 is 2.15 bits per heavy atom. The number of hydrogen-bond acceptors (Lipinski definition) is 7. The van der Waals surface area contributed by atoms with Crippen molar-refractivity contribution in [2.24, 2.45) is 0 Å². The third-order valence-corrected chi connectivity index (χ3v) is 6.13. The number of nitrogens with zero attached hydrogens (tertiary/aromatic N) is 2. The van der Waals surface area contributed by atoms with Gasteiger partial charge in [0.25, 0.3) is 11.8 Å². The monoisotopic (exact) mass is 475 g/mol. The average Bonchev–Trinajstić information content (AvgIpc) is 3.36. The second-order valence-electron chi connectivity index (χ2n) is 7.47. The Hall–Kier alpha value is -2.78. The molecular weight excluding hydrogens is 442 g/mol. The molecular formula is C24H33N3O5S. The molecule has 9 heteroatoms. The first-order chi connectivity index (χ1) is 16.1. The molecule has 0 aliphatic carbocycles. The van der Waals surface area contributed by atoms with Gasteiger partial charge in [0.2, 0.25) is 5.75 Å². The lowest BCUT2D eigenvalue weighted by Gasteiger charge is -2.34. The molecule has 1 aliphatic rings. The molecule has 8 nitrogen and oxygen atoms in total. The Morgan fingerprint density at radius 2 is 1.61 bits per heavy atom. The van der Waals surface area contributed by atoms with Crippen LogP contribution in [0.3, 0.4) is 0 Å². The normalized spacial score (nSPS) is 14.1. The van der Waals surface area contributed by atoms with Crippen molar-refractivity contribution in [2.75, 3.05) is 59.1 Å². The average molecular weight is 476 g/mol.